The molecule has 0 aromatic carbocycles. The van der Waals surface area contributed by atoms with Gasteiger partial charge in [0, 0.05) is 38.1 Å². The minimum absolute atomic E-state index is 0.339. The van der Waals surface area contributed by atoms with Crippen molar-refractivity contribution < 1.29 is 8.42 Å². The molecule has 2 N–H and O–H groups in total. The van der Waals surface area contributed by atoms with Crippen molar-refractivity contribution in [1.82, 2.24) is 14.6 Å². The first-order chi connectivity index (χ1) is 8.87. The highest BCUT2D eigenvalue weighted by Crippen LogP contribution is 2.16. The molecule has 0 saturated carbocycles. The zero-order valence-corrected chi connectivity index (χ0v) is 13.0. The van der Waals surface area contributed by atoms with Gasteiger partial charge < -0.3 is 10.3 Å². The molecule has 0 amide bonds. The smallest absolute Gasteiger partial charge is 0.244 e. The van der Waals surface area contributed by atoms with E-state index >= 15 is 0 Å². The van der Waals surface area contributed by atoms with Gasteiger partial charge in [0.1, 0.15) is 0 Å². The zero-order chi connectivity index (χ0) is 14.5. The predicted octanol–water partition coefficient (Wildman–Crippen LogP) is 1.93. The Morgan fingerprint density at radius 3 is 2.68 bits per heavy atom. The number of rotatable bonds is 8. The monoisotopic (exact) mass is 287 g/mol. The number of sulfonamides is 1. The third-order valence-electron chi connectivity index (χ3n) is 2.95. The molecule has 0 aliphatic heterocycles. The summed E-state index contributed by atoms with van der Waals surface area (Å²) in [6.07, 6.45) is 3.42. The van der Waals surface area contributed by atoms with Crippen LogP contribution >= 0.6 is 0 Å². The molecule has 19 heavy (non-hydrogen) atoms. The number of unbranched alkanes of at least 4 members (excludes halogenated alkanes) is 1. The van der Waals surface area contributed by atoms with Crippen molar-refractivity contribution in [2.24, 2.45) is 0 Å². The van der Waals surface area contributed by atoms with Gasteiger partial charge in [-0.05, 0) is 12.5 Å². The molecule has 0 radical (unpaired) electrons. The Morgan fingerprint density at radius 2 is 2.11 bits per heavy atom. The fourth-order valence-electron chi connectivity index (χ4n) is 1.66. The Labute approximate surface area is 116 Å². The highest BCUT2D eigenvalue weighted by Gasteiger charge is 2.21. The molecule has 0 spiro atoms. The minimum Gasteiger partial charge on any atom is -0.363 e. The number of nitrogens with one attached hydrogen (secondary N) is 2. The zero-order valence-electron chi connectivity index (χ0n) is 12.2. The van der Waals surface area contributed by atoms with Gasteiger partial charge in [0.2, 0.25) is 10.0 Å². The van der Waals surface area contributed by atoms with E-state index in [4.69, 9.17) is 0 Å². The van der Waals surface area contributed by atoms with Gasteiger partial charge in [-0.25, -0.2) is 12.7 Å². The molecule has 1 rings (SSSR count). The average Bonchev–Trinajstić information content (AvgIpc) is 2.82. The van der Waals surface area contributed by atoms with E-state index in [-0.39, 0.29) is 0 Å². The largest absolute Gasteiger partial charge is 0.363 e. The molecule has 0 atom stereocenters. The van der Waals surface area contributed by atoms with Crippen LogP contribution in [0.4, 0.5) is 0 Å². The first-order valence-corrected chi connectivity index (χ1v) is 8.19. The molecule has 0 saturated heterocycles. The van der Waals surface area contributed by atoms with Crippen LogP contribution in [-0.4, -0.2) is 37.3 Å². The second kappa shape index (κ2) is 7.07. The Hall–Kier alpha value is -0.850. The molecule has 6 heteroatoms. The van der Waals surface area contributed by atoms with Gasteiger partial charge in [0.25, 0.3) is 0 Å². The molecule has 110 valence electrons. The van der Waals surface area contributed by atoms with E-state index in [2.05, 4.69) is 24.1 Å². The number of hydrogen-bond donors (Lipinski definition) is 2. The molecule has 5 nitrogen and oxygen atoms in total. The highest BCUT2D eigenvalue weighted by molar-refractivity contribution is 7.89. The Balaban J connectivity index is 2.73. The summed E-state index contributed by atoms with van der Waals surface area (Å²) in [5.41, 5.74) is 0.885. The van der Waals surface area contributed by atoms with Gasteiger partial charge in [-0.2, -0.15) is 0 Å². The number of nitrogens with zero attached hydrogens (tertiary/aromatic N) is 1. The molecule has 0 aliphatic carbocycles. The Morgan fingerprint density at radius 1 is 1.42 bits per heavy atom. The quantitative estimate of drug-likeness (QED) is 0.768. The average molecular weight is 287 g/mol. The van der Waals surface area contributed by atoms with Crippen molar-refractivity contribution in [2.45, 2.75) is 51.1 Å². The summed E-state index contributed by atoms with van der Waals surface area (Å²) in [6.45, 7) is 7.36. The molecule has 0 fully saturated rings. The van der Waals surface area contributed by atoms with Crippen LogP contribution in [0, 0.1) is 0 Å². The van der Waals surface area contributed by atoms with Crippen molar-refractivity contribution in [3.63, 3.8) is 0 Å². The summed E-state index contributed by atoms with van der Waals surface area (Å²) in [4.78, 5) is 3.35. The van der Waals surface area contributed by atoms with E-state index in [1.165, 1.54) is 4.31 Å². The molecule has 1 aromatic rings. The van der Waals surface area contributed by atoms with Crippen molar-refractivity contribution in [2.75, 3.05) is 13.6 Å². The number of hydrogen-bond acceptors (Lipinski definition) is 3. The van der Waals surface area contributed by atoms with Crippen LogP contribution in [-0.2, 0) is 16.6 Å². The van der Waals surface area contributed by atoms with Crippen LogP contribution in [0.15, 0.2) is 17.2 Å². The molecule has 0 bridgehead atoms. The summed E-state index contributed by atoms with van der Waals surface area (Å²) >= 11 is 0. The minimum atomic E-state index is -3.35. The summed E-state index contributed by atoms with van der Waals surface area (Å²) in [6, 6.07) is 2.07. The summed E-state index contributed by atoms with van der Waals surface area (Å²) in [7, 11) is -1.73. The predicted molar refractivity (Wildman–Crippen MR) is 77.5 cm³/mol. The van der Waals surface area contributed by atoms with Crippen LogP contribution in [0.25, 0.3) is 0 Å². The van der Waals surface area contributed by atoms with Gasteiger partial charge in [-0.3, -0.25) is 0 Å². The molecular weight excluding hydrogens is 262 g/mol. The normalized spacial score (nSPS) is 12.5. The Bertz CT molecular complexity index is 480. The molecule has 0 unspecified atom stereocenters. The first kappa shape index (κ1) is 16.2. The fraction of sp³-hybridized carbons (Fsp3) is 0.692. The summed E-state index contributed by atoms with van der Waals surface area (Å²) in [5.74, 6) is 0. The number of aromatic nitrogens is 1. The van der Waals surface area contributed by atoms with Gasteiger partial charge in [-0.1, -0.05) is 27.2 Å². The lowest BCUT2D eigenvalue weighted by Gasteiger charge is -2.15. The maximum absolute atomic E-state index is 12.3. The maximum atomic E-state index is 12.3. The lowest BCUT2D eigenvalue weighted by Crippen LogP contribution is -2.27. The van der Waals surface area contributed by atoms with Crippen LogP contribution in [0.1, 0.15) is 39.3 Å². The maximum Gasteiger partial charge on any atom is 0.244 e. The van der Waals surface area contributed by atoms with Gasteiger partial charge in [-0.15, -0.1) is 0 Å². The van der Waals surface area contributed by atoms with E-state index in [1.54, 1.807) is 19.3 Å². The SMILES string of the molecule is CCCCN(C)S(=O)(=O)c1c[nH]c(CNC(C)C)c1. The second-order valence-electron chi connectivity index (χ2n) is 5.08. The van der Waals surface area contributed by atoms with E-state index in [1.807, 2.05) is 6.92 Å². The third-order valence-corrected chi connectivity index (χ3v) is 4.79. The van der Waals surface area contributed by atoms with Crippen LogP contribution in [0.2, 0.25) is 0 Å². The molecular formula is C13H25N3O2S. The molecule has 1 heterocycles. The first-order valence-electron chi connectivity index (χ1n) is 6.75. The number of aromatic amines is 1. The standard InChI is InChI=1S/C13H25N3O2S/c1-5-6-7-16(4)19(17,18)13-8-12(15-10-13)9-14-11(2)3/h8,10-11,14-15H,5-7,9H2,1-4H3. The van der Waals surface area contributed by atoms with Gasteiger partial charge in [0.15, 0.2) is 0 Å². The van der Waals surface area contributed by atoms with E-state index in [0.29, 0.717) is 24.0 Å². The third kappa shape index (κ3) is 4.63. The van der Waals surface area contributed by atoms with Crippen molar-refractivity contribution >= 4 is 10.0 Å². The van der Waals surface area contributed by atoms with E-state index in [0.717, 1.165) is 18.5 Å². The van der Waals surface area contributed by atoms with Gasteiger partial charge in [0.05, 0.1) is 4.90 Å². The Kier molecular flexibility index (Phi) is 6.03. The molecule has 1 aromatic heterocycles. The van der Waals surface area contributed by atoms with Crippen LogP contribution < -0.4 is 5.32 Å². The van der Waals surface area contributed by atoms with E-state index < -0.39 is 10.0 Å². The van der Waals surface area contributed by atoms with Crippen molar-refractivity contribution in [1.29, 1.82) is 0 Å². The number of H-pyrrole nitrogens is 1. The second-order valence-corrected chi connectivity index (χ2v) is 7.12. The van der Waals surface area contributed by atoms with Crippen LogP contribution in [0.5, 0.6) is 0 Å². The lowest BCUT2D eigenvalue weighted by atomic mass is 10.3. The molecule has 0 aliphatic rings. The topological polar surface area (TPSA) is 65.2 Å². The van der Waals surface area contributed by atoms with Crippen LogP contribution in [0.3, 0.4) is 0 Å². The van der Waals surface area contributed by atoms with Crippen molar-refractivity contribution in [3.05, 3.63) is 18.0 Å². The fourth-order valence-corrected chi connectivity index (χ4v) is 2.89. The summed E-state index contributed by atoms with van der Waals surface area (Å²) in [5, 5.41) is 3.25. The van der Waals surface area contributed by atoms with Gasteiger partial charge >= 0.3 is 0 Å². The highest BCUT2D eigenvalue weighted by atomic mass is 32.2. The van der Waals surface area contributed by atoms with Crippen molar-refractivity contribution in [3.8, 4) is 0 Å². The van der Waals surface area contributed by atoms with E-state index in [9.17, 15) is 8.42 Å². The summed E-state index contributed by atoms with van der Waals surface area (Å²) < 4.78 is 26.0. The lowest BCUT2D eigenvalue weighted by molar-refractivity contribution is 0.459.